The molecule has 0 radical (unpaired) electrons. The maximum absolute atomic E-state index is 12.2. The molecule has 0 fully saturated rings. The number of rotatable bonds is 26. The van der Waals surface area contributed by atoms with Gasteiger partial charge in [0.05, 0.1) is 0 Å². The van der Waals surface area contributed by atoms with Gasteiger partial charge in [-0.25, -0.2) is 4.79 Å². The summed E-state index contributed by atoms with van der Waals surface area (Å²) in [6.07, 6.45) is 21.4. The Morgan fingerprint density at radius 1 is 0.591 bits per heavy atom. The van der Waals surface area contributed by atoms with E-state index in [1.165, 1.54) is 51.4 Å². The van der Waals surface area contributed by atoms with Gasteiger partial charge in [0.1, 0.15) is 17.8 Å². The summed E-state index contributed by atoms with van der Waals surface area (Å²) in [5, 5.41) is 2.69. The number of esters is 2. The Bertz CT molecular complexity index is 666. The first-order valence-corrected chi connectivity index (χ1v) is 18.1. The zero-order valence-electron chi connectivity index (χ0n) is 29.9. The Labute approximate surface area is 271 Å². The molecular formula is C36H72N2O6. The van der Waals surface area contributed by atoms with E-state index in [2.05, 4.69) is 33.0 Å². The second-order valence-corrected chi connectivity index (χ2v) is 13.0. The van der Waals surface area contributed by atoms with E-state index in [1.54, 1.807) is 0 Å². The van der Waals surface area contributed by atoms with E-state index in [0.717, 1.165) is 64.2 Å². The molecule has 1 unspecified atom stereocenters. The molecule has 3 N–H and O–H groups in total. The van der Waals surface area contributed by atoms with E-state index in [1.807, 2.05) is 20.8 Å². The van der Waals surface area contributed by atoms with Crippen LogP contribution in [0.3, 0.4) is 0 Å². The van der Waals surface area contributed by atoms with E-state index < -0.39 is 11.7 Å². The SMILES string of the molecule is CCCCC(CCC)OC(=O)CCCN.CCCCCCCC(CCCCCCC)OC(=O)CCCNC(=O)OC(C)(C)C. The summed E-state index contributed by atoms with van der Waals surface area (Å²) in [6.45, 7) is 15.2. The van der Waals surface area contributed by atoms with Crippen molar-refractivity contribution in [2.45, 2.75) is 201 Å². The second-order valence-electron chi connectivity index (χ2n) is 13.0. The fourth-order valence-electron chi connectivity index (χ4n) is 4.70. The van der Waals surface area contributed by atoms with Crippen LogP contribution in [0.1, 0.15) is 183 Å². The summed E-state index contributed by atoms with van der Waals surface area (Å²) in [4.78, 5) is 35.2. The number of unbranched alkanes of at least 4 members (excludes halogenated alkanes) is 9. The van der Waals surface area contributed by atoms with Crippen molar-refractivity contribution in [2.24, 2.45) is 5.73 Å². The van der Waals surface area contributed by atoms with Crippen molar-refractivity contribution in [2.75, 3.05) is 13.1 Å². The fraction of sp³-hybridized carbons (Fsp3) is 0.917. The molecule has 0 aromatic heterocycles. The van der Waals surface area contributed by atoms with Crippen LogP contribution < -0.4 is 11.1 Å². The fourth-order valence-corrected chi connectivity index (χ4v) is 4.70. The number of amides is 1. The van der Waals surface area contributed by atoms with Crippen molar-refractivity contribution < 1.29 is 28.6 Å². The van der Waals surface area contributed by atoms with Crippen LogP contribution in [0.2, 0.25) is 0 Å². The molecule has 1 atom stereocenters. The number of hydrogen-bond donors (Lipinski definition) is 2. The van der Waals surface area contributed by atoms with E-state index in [0.29, 0.717) is 32.4 Å². The first kappa shape index (κ1) is 44.3. The first-order valence-electron chi connectivity index (χ1n) is 18.1. The van der Waals surface area contributed by atoms with E-state index in [-0.39, 0.29) is 24.1 Å². The minimum Gasteiger partial charge on any atom is -0.462 e. The molecule has 0 aliphatic carbocycles. The average molecular weight is 629 g/mol. The molecule has 8 nitrogen and oxygen atoms in total. The van der Waals surface area contributed by atoms with Gasteiger partial charge in [0.2, 0.25) is 0 Å². The maximum Gasteiger partial charge on any atom is 0.407 e. The Balaban J connectivity index is 0. The van der Waals surface area contributed by atoms with Gasteiger partial charge in [0, 0.05) is 19.4 Å². The topological polar surface area (TPSA) is 117 Å². The van der Waals surface area contributed by atoms with Crippen molar-refractivity contribution in [3.05, 3.63) is 0 Å². The van der Waals surface area contributed by atoms with Crippen molar-refractivity contribution in [3.63, 3.8) is 0 Å². The van der Waals surface area contributed by atoms with Gasteiger partial charge >= 0.3 is 18.0 Å². The van der Waals surface area contributed by atoms with Gasteiger partial charge in [-0.2, -0.15) is 0 Å². The molecule has 0 heterocycles. The Morgan fingerprint density at radius 2 is 1.05 bits per heavy atom. The molecule has 0 saturated heterocycles. The van der Waals surface area contributed by atoms with Gasteiger partial charge < -0.3 is 25.3 Å². The summed E-state index contributed by atoms with van der Waals surface area (Å²) in [5.74, 6) is -0.238. The maximum atomic E-state index is 12.2. The van der Waals surface area contributed by atoms with Gasteiger partial charge in [0.15, 0.2) is 0 Å². The van der Waals surface area contributed by atoms with Crippen LogP contribution in [-0.4, -0.2) is 48.9 Å². The Morgan fingerprint density at radius 3 is 1.50 bits per heavy atom. The number of alkyl carbamates (subject to hydrolysis) is 1. The molecule has 262 valence electrons. The Kier molecular flexibility index (Phi) is 31.4. The van der Waals surface area contributed by atoms with Crippen LogP contribution in [-0.2, 0) is 23.8 Å². The Hall–Kier alpha value is -1.83. The highest BCUT2D eigenvalue weighted by atomic mass is 16.6. The summed E-state index contributed by atoms with van der Waals surface area (Å²) in [6, 6.07) is 0. The van der Waals surface area contributed by atoms with Crippen LogP contribution in [0.5, 0.6) is 0 Å². The van der Waals surface area contributed by atoms with Crippen LogP contribution in [0.15, 0.2) is 0 Å². The normalized spacial score (nSPS) is 11.8. The first-order chi connectivity index (χ1) is 21.0. The van der Waals surface area contributed by atoms with Crippen molar-refractivity contribution >= 4 is 18.0 Å². The predicted molar refractivity (Wildman–Crippen MR) is 183 cm³/mol. The largest absolute Gasteiger partial charge is 0.462 e. The van der Waals surface area contributed by atoms with Crippen molar-refractivity contribution in [1.82, 2.24) is 5.32 Å². The van der Waals surface area contributed by atoms with Crippen LogP contribution in [0.4, 0.5) is 4.79 Å². The molecule has 0 rings (SSSR count). The van der Waals surface area contributed by atoms with Gasteiger partial charge in [-0.3, -0.25) is 9.59 Å². The average Bonchev–Trinajstić information content (AvgIpc) is 2.96. The lowest BCUT2D eigenvalue weighted by Crippen LogP contribution is -2.33. The second kappa shape index (κ2) is 31.2. The molecule has 0 aliphatic heterocycles. The minimum absolute atomic E-state index is 0.0459. The highest BCUT2D eigenvalue weighted by Crippen LogP contribution is 2.17. The van der Waals surface area contributed by atoms with E-state index in [9.17, 15) is 14.4 Å². The lowest BCUT2D eigenvalue weighted by molar-refractivity contribution is -0.150. The monoisotopic (exact) mass is 629 g/mol. The molecule has 1 amide bonds. The number of nitrogens with two attached hydrogens (primary N) is 1. The van der Waals surface area contributed by atoms with Gasteiger partial charge in [-0.15, -0.1) is 0 Å². The zero-order valence-corrected chi connectivity index (χ0v) is 29.9. The van der Waals surface area contributed by atoms with E-state index >= 15 is 0 Å². The third kappa shape index (κ3) is 33.1. The molecule has 8 heteroatoms. The highest BCUT2D eigenvalue weighted by Gasteiger charge is 2.17. The molecule has 0 spiro atoms. The molecule has 0 bridgehead atoms. The van der Waals surface area contributed by atoms with Crippen LogP contribution >= 0.6 is 0 Å². The smallest absolute Gasteiger partial charge is 0.407 e. The minimum atomic E-state index is -0.509. The van der Waals surface area contributed by atoms with Gasteiger partial charge in [-0.05, 0) is 78.7 Å². The van der Waals surface area contributed by atoms with E-state index in [4.69, 9.17) is 19.9 Å². The number of nitrogens with one attached hydrogen (secondary N) is 1. The van der Waals surface area contributed by atoms with Crippen LogP contribution in [0.25, 0.3) is 0 Å². The van der Waals surface area contributed by atoms with Gasteiger partial charge in [0.25, 0.3) is 0 Å². The number of ether oxygens (including phenoxy) is 3. The van der Waals surface area contributed by atoms with Crippen molar-refractivity contribution in [1.29, 1.82) is 0 Å². The van der Waals surface area contributed by atoms with Crippen molar-refractivity contribution in [3.8, 4) is 0 Å². The third-order valence-corrected chi connectivity index (χ3v) is 7.16. The third-order valence-electron chi connectivity index (χ3n) is 7.16. The molecule has 0 aliphatic rings. The van der Waals surface area contributed by atoms with Crippen LogP contribution in [0, 0.1) is 0 Å². The highest BCUT2D eigenvalue weighted by molar-refractivity contribution is 5.70. The summed E-state index contributed by atoms with van der Waals surface area (Å²) in [5.41, 5.74) is 4.83. The predicted octanol–water partition coefficient (Wildman–Crippen LogP) is 9.55. The molecule has 0 aromatic carbocycles. The molecule has 0 aromatic rings. The zero-order chi connectivity index (χ0) is 33.5. The molecule has 44 heavy (non-hydrogen) atoms. The quantitative estimate of drug-likeness (QED) is 0.0556. The lowest BCUT2D eigenvalue weighted by Gasteiger charge is -2.20. The standard InChI is InChI=1S/C24H47NO4.C12H25NO2/c1-6-8-10-12-14-17-21(18-15-13-11-9-7-2)28-22(26)19-16-20-25-23(27)29-24(3,4)5;1-3-5-8-11(7-4-2)15-12(14)9-6-10-13/h21H,6-20H2,1-5H3,(H,25,27);11H,3-10,13H2,1-2H3. The lowest BCUT2D eigenvalue weighted by atomic mass is 10.0. The summed E-state index contributed by atoms with van der Waals surface area (Å²) >= 11 is 0. The molecular weight excluding hydrogens is 556 g/mol. The summed E-state index contributed by atoms with van der Waals surface area (Å²) < 4.78 is 16.4. The van der Waals surface area contributed by atoms with Gasteiger partial charge in [-0.1, -0.05) is 98.3 Å². The number of hydrogen-bond acceptors (Lipinski definition) is 7. The number of carbonyl (C=O) groups is 3. The molecule has 0 saturated carbocycles. The number of carbonyl (C=O) groups excluding carboxylic acids is 3. The summed E-state index contributed by atoms with van der Waals surface area (Å²) in [7, 11) is 0.